The Balaban J connectivity index is 1.40. The van der Waals surface area contributed by atoms with Gasteiger partial charge in [0.2, 0.25) is 0 Å². The Bertz CT molecular complexity index is 1070. The van der Waals surface area contributed by atoms with Gasteiger partial charge in [0.15, 0.2) is 5.11 Å². The molecule has 3 aliphatic rings. The number of likely N-dealkylation sites (tertiary alicyclic amines) is 1. The molecular formula is C24H28ClN5O2S. The average Bonchev–Trinajstić information content (AvgIpc) is 3.02. The number of hydrogen-bond donors (Lipinski definition) is 1. The van der Waals surface area contributed by atoms with Crippen LogP contribution in [0.5, 0.6) is 5.75 Å². The third-order valence-electron chi connectivity index (χ3n) is 7.01. The summed E-state index contributed by atoms with van der Waals surface area (Å²) in [5.41, 5.74) is 7.09. The summed E-state index contributed by atoms with van der Waals surface area (Å²) in [6.45, 7) is 2.34. The van der Waals surface area contributed by atoms with E-state index in [-0.39, 0.29) is 18.6 Å². The van der Waals surface area contributed by atoms with E-state index in [1.165, 1.54) is 0 Å². The molecule has 1 spiro atoms. The minimum Gasteiger partial charge on any atom is -0.490 e. The third kappa shape index (κ3) is 3.89. The van der Waals surface area contributed by atoms with Crippen molar-refractivity contribution in [3.8, 4) is 5.75 Å². The fourth-order valence-corrected chi connectivity index (χ4v) is 5.61. The summed E-state index contributed by atoms with van der Waals surface area (Å²) in [5.74, 6) is 0.821. The zero-order chi connectivity index (χ0) is 23.2. The Morgan fingerprint density at radius 3 is 2.48 bits per heavy atom. The number of nitrogens with two attached hydrogens (primary N) is 1. The summed E-state index contributed by atoms with van der Waals surface area (Å²) in [6, 6.07) is 9.66. The van der Waals surface area contributed by atoms with E-state index in [0.717, 1.165) is 56.6 Å². The number of aromatic nitrogens is 1. The zero-order valence-corrected chi connectivity index (χ0v) is 20.2. The van der Waals surface area contributed by atoms with Crippen LogP contribution in [0.25, 0.3) is 0 Å². The lowest BCUT2D eigenvalue weighted by molar-refractivity contribution is -0.123. The van der Waals surface area contributed by atoms with Crippen LogP contribution in [0.4, 0.5) is 11.4 Å². The number of amides is 1. The average molecular weight is 486 g/mol. The predicted molar refractivity (Wildman–Crippen MR) is 134 cm³/mol. The summed E-state index contributed by atoms with van der Waals surface area (Å²) in [7, 11) is 2.14. The van der Waals surface area contributed by atoms with Crippen molar-refractivity contribution >= 4 is 46.2 Å². The maximum atomic E-state index is 13.6. The number of ether oxygens (including phenoxy) is 1. The van der Waals surface area contributed by atoms with Gasteiger partial charge in [-0.1, -0.05) is 11.6 Å². The molecule has 2 aromatic rings. The van der Waals surface area contributed by atoms with Crippen molar-refractivity contribution < 1.29 is 9.53 Å². The molecule has 0 atom stereocenters. The molecule has 0 bridgehead atoms. The highest BCUT2D eigenvalue weighted by atomic mass is 35.5. The fraction of sp³-hybridized carbons (Fsp3) is 0.458. The van der Waals surface area contributed by atoms with Gasteiger partial charge in [0.1, 0.15) is 17.4 Å². The fourth-order valence-electron chi connectivity index (χ4n) is 4.91. The summed E-state index contributed by atoms with van der Waals surface area (Å²) < 4.78 is 6.20. The second-order valence-electron chi connectivity index (χ2n) is 9.08. The molecule has 1 aromatic carbocycles. The smallest absolute Gasteiger partial charge is 0.259 e. The summed E-state index contributed by atoms with van der Waals surface area (Å²) in [4.78, 5) is 23.8. The highest BCUT2D eigenvalue weighted by molar-refractivity contribution is 7.81. The molecule has 0 unspecified atom stereocenters. The van der Waals surface area contributed by atoms with Crippen LogP contribution < -0.4 is 20.3 Å². The normalized spacial score (nSPS) is 21.1. The van der Waals surface area contributed by atoms with Crippen molar-refractivity contribution in [2.75, 3.05) is 29.9 Å². The Morgan fingerprint density at radius 2 is 1.91 bits per heavy atom. The molecule has 9 heteroatoms. The number of thiocarbonyl (C=S) groups is 1. The second-order valence-corrected chi connectivity index (χ2v) is 9.86. The predicted octanol–water partition coefficient (Wildman–Crippen LogP) is 3.73. The van der Waals surface area contributed by atoms with E-state index in [1.807, 2.05) is 29.2 Å². The van der Waals surface area contributed by atoms with Gasteiger partial charge < -0.3 is 20.3 Å². The molecular weight excluding hydrogens is 458 g/mol. The van der Waals surface area contributed by atoms with Crippen molar-refractivity contribution in [1.82, 2.24) is 9.88 Å². The van der Waals surface area contributed by atoms with E-state index in [1.54, 1.807) is 17.2 Å². The van der Waals surface area contributed by atoms with E-state index in [0.29, 0.717) is 21.5 Å². The minimum absolute atomic E-state index is 0.0243. The molecule has 7 nitrogen and oxygen atoms in total. The van der Waals surface area contributed by atoms with Gasteiger partial charge in [-0.15, -0.1) is 0 Å². The van der Waals surface area contributed by atoms with Crippen molar-refractivity contribution in [1.29, 1.82) is 0 Å². The quantitative estimate of drug-likeness (QED) is 0.647. The zero-order valence-electron chi connectivity index (χ0n) is 18.7. The van der Waals surface area contributed by atoms with Crippen LogP contribution in [-0.2, 0) is 11.3 Å². The molecule has 5 rings (SSSR count). The standard InChI is InChI=1S/C24H28ClN5O2S/c1-28-11-7-19(8-12-28)32-18-5-3-16(4-6-18)30-23(33)29(22(31)24(30)9-2-10-24)17-13-20(25)21(14-26)27-15-17/h3-6,13,15,19H,2,7-12,14,26H2,1H3. The number of carbonyl (C=O) groups is 1. The topological polar surface area (TPSA) is 74.9 Å². The molecule has 2 saturated heterocycles. The summed E-state index contributed by atoms with van der Waals surface area (Å²) in [6.07, 6.45) is 6.43. The maximum Gasteiger partial charge on any atom is 0.259 e. The van der Waals surface area contributed by atoms with Gasteiger partial charge in [0.05, 0.1) is 22.6 Å². The van der Waals surface area contributed by atoms with Crippen LogP contribution in [0.3, 0.4) is 0 Å². The molecule has 2 aliphatic heterocycles. The number of anilines is 2. The number of carbonyl (C=O) groups excluding carboxylic acids is 1. The van der Waals surface area contributed by atoms with Crippen LogP contribution in [0.15, 0.2) is 36.5 Å². The van der Waals surface area contributed by atoms with E-state index in [2.05, 4.69) is 16.9 Å². The van der Waals surface area contributed by atoms with Crippen LogP contribution >= 0.6 is 23.8 Å². The molecule has 1 amide bonds. The van der Waals surface area contributed by atoms with Gasteiger partial charge in [-0.3, -0.25) is 14.7 Å². The number of benzene rings is 1. The molecule has 3 fully saturated rings. The Hall–Kier alpha value is -2.26. The van der Waals surface area contributed by atoms with Gasteiger partial charge in [0.25, 0.3) is 5.91 Å². The lowest BCUT2D eigenvalue weighted by atomic mass is 9.75. The van der Waals surface area contributed by atoms with E-state index in [9.17, 15) is 4.79 Å². The van der Waals surface area contributed by atoms with Crippen LogP contribution in [0.2, 0.25) is 5.02 Å². The number of nitrogens with zero attached hydrogens (tertiary/aromatic N) is 4. The molecule has 174 valence electrons. The number of pyridine rings is 1. The Morgan fingerprint density at radius 1 is 1.21 bits per heavy atom. The highest BCUT2D eigenvalue weighted by Gasteiger charge is 2.59. The van der Waals surface area contributed by atoms with Gasteiger partial charge >= 0.3 is 0 Å². The van der Waals surface area contributed by atoms with Gasteiger partial charge in [0, 0.05) is 25.3 Å². The highest BCUT2D eigenvalue weighted by Crippen LogP contribution is 2.48. The van der Waals surface area contributed by atoms with Gasteiger partial charge in [-0.05, 0) is 81.7 Å². The largest absolute Gasteiger partial charge is 0.490 e. The van der Waals surface area contributed by atoms with Crippen LogP contribution in [-0.4, -0.2) is 52.7 Å². The lowest BCUT2D eigenvalue weighted by Gasteiger charge is -2.43. The van der Waals surface area contributed by atoms with Crippen LogP contribution in [0.1, 0.15) is 37.8 Å². The van der Waals surface area contributed by atoms with Crippen molar-refractivity contribution in [3.63, 3.8) is 0 Å². The lowest BCUT2D eigenvalue weighted by Crippen LogP contribution is -2.55. The first-order valence-corrected chi connectivity index (χ1v) is 12.2. The number of rotatable bonds is 5. The molecule has 2 N–H and O–H groups in total. The third-order valence-corrected chi connectivity index (χ3v) is 7.70. The molecule has 1 saturated carbocycles. The molecule has 3 heterocycles. The monoisotopic (exact) mass is 485 g/mol. The van der Waals surface area contributed by atoms with Crippen LogP contribution in [0, 0.1) is 0 Å². The maximum absolute atomic E-state index is 13.6. The second kappa shape index (κ2) is 8.83. The van der Waals surface area contributed by atoms with E-state index >= 15 is 0 Å². The first kappa shape index (κ1) is 22.5. The van der Waals surface area contributed by atoms with E-state index in [4.69, 9.17) is 34.3 Å². The first-order chi connectivity index (χ1) is 15.9. The van der Waals surface area contributed by atoms with Crippen molar-refractivity contribution in [3.05, 3.63) is 47.2 Å². The number of halogens is 1. The Kier molecular flexibility index (Phi) is 6.03. The number of piperidine rings is 1. The molecule has 1 aromatic heterocycles. The van der Waals surface area contributed by atoms with E-state index < -0.39 is 5.54 Å². The van der Waals surface area contributed by atoms with Gasteiger partial charge in [-0.2, -0.15) is 0 Å². The number of hydrogen-bond acceptors (Lipinski definition) is 6. The molecule has 33 heavy (non-hydrogen) atoms. The minimum atomic E-state index is -0.646. The van der Waals surface area contributed by atoms with Crippen molar-refractivity contribution in [2.45, 2.75) is 50.3 Å². The Labute approximate surface area is 204 Å². The first-order valence-electron chi connectivity index (χ1n) is 11.4. The molecule has 0 radical (unpaired) electrons. The molecule has 1 aliphatic carbocycles. The van der Waals surface area contributed by atoms with Gasteiger partial charge in [-0.25, -0.2) is 0 Å². The van der Waals surface area contributed by atoms with Crippen molar-refractivity contribution in [2.24, 2.45) is 5.73 Å². The summed E-state index contributed by atoms with van der Waals surface area (Å²) in [5, 5.41) is 0.879. The summed E-state index contributed by atoms with van der Waals surface area (Å²) >= 11 is 12.2. The SMILES string of the molecule is CN1CCC(Oc2ccc(N3C(=S)N(c4cnc(CN)c(Cl)c4)C(=O)C34CCC4)cc2)CC1.